The summed E-state index contributed by atoms with van der Waals surface area (Å²) in [5, 5.41) is 7.70. The quantitative estimate of drug-likeness (QED) is 0.644. The van der Waals surface area contributed by atoms with Crippen molar-refractivity contribution in [3.63, 3.8) is 0 Å². The van der Waals surface area contributed by atoms with Crippen molar-refractivity contribution in [3.05, 3.63) is 81.5 Å². The molecule has 132 valence electrons. The molecule has 0 saturated carbocycles. The maximum Gasteiger partial charge on any atom is 0.254 e. The van der Waals surface area contributed by atoms with E-state index in [4.69, 9.17) is 17.3 Å². The topological polar surface area (TPSA) is 84.1 Å². The second-order valence-corrected chi connectivity index (χ2v) is 6.36. The van der Waals surface area contributed by atoms with E-state index in [0.717, 1.165) is 17.5 Å². The first-order valence-electron chi connectivity index (χ1n) is 8.31. The average molecular weight is 367 g/mol. The summed E-state index contributed by atoms with van der Waals surface area (Å²) in [6.07, 6.45) is 3.12. The van der Waals surface area contributed by atoms with E-state index in [9.17, 15) is 4.79 Å². The first kappa shape index (κ1) is 17.9. The molecule has 1 heterocycles. The van der Waals surface area contributed by atoms with Gasteiger partial charge in [-0.2, -0.15) is 5.10 Å². The first-order valence-corrected chi connectivity index (χ1v) is 8.69. The number of H-pyrrole nitrogens is 1. The Labute approximate surface area is 156 Å². The van der Waals surface area contributed by atoms with Gasteiger partial charge in [0, 0.05) is 17.7 Å². The summed E-state index contributed by atoms with van der Waals surface area (Å²) < 4.78 is 0. The summed E-state index contributed by atoms with van der Waals surface area (Å²) in [7, 11) is 0. The number of hydrogen-bond donors (Lipinski definition) is 2. The molecule has 0 bridgehead atoms. The van der Waals surface area contributed by atoms with Gasteiger partial charge in [-0.05, 0) is 35.2 Å². The molecular formula is C20H19ClN4O. The number of nitrogens with zero attached hydrogens (tertiary/aromatic N) is 2. The predicted molar refractivity (Wildman–Crippen MR) is 104 cm³/mol. The molecule has 0 radical (unpaired) electrons. The van der Waals surface area contributed by atoms with Crippen molar-refractivity contribution in [2.75, 3.05) is 0 Å². The normalized spacial score (nSPS) is 11.2. The number of aromatic amines is 1. The number of amides is 1. The molecule has 0 saturated heterocycles. The lowest BCUT2D eigenvalue weighted by atomic mass is 10.1. The van der Waals surface area contributed by atoms with Crippen LogP contribution >= 0.6 is 11.6 Å². The number of carbonyl (C=O) groups is 1. The van der Waals surface area contributed by atoms with Crippen LogP contribution in [0.3, 0.4) is 0 Å². The summed E-state index contributed by atoms with van der Waals surface area (Å²) in [6.45, 7) is 2.10. The average Bonchev–Trinajstić information content (AvgIpc) is 3.05. The van der Waals surface area contributed by atoms with E-state index in [1.807, 2.05) is 24.3 Å². The number of primary amides is 1. The van der Waals surface area contributed by atoms with Crippen molar-refractivity contribution in [3.8, 4) is 0 Å². The minimum Gasteiger partial charge on any atom is -0.365 e. The molecule has 3 rings (SSSR count). The second kappa shape index (κ2) is 7.97. The lowest BCUT2D eigenvalue weighted by molar-refractivity contribution is 0.100. The van der Waals surface area contributed by atoms with Gasteiger partial charge in [-0.3, -0.25) is 9.89 Å². The number of aromatic nitrogens is 2. The number of rotatable bonds is 6. The molecule has 6 heteroatoms. The molecule has 0 atom stereocenters. The number of hydrogen-bond acceptors (Lipinski definition) is 3. The van der Waals surface area contributed by atoms with Gasteiger partial charge in [0.25, 0.3) is 5.91 Å². The Balaban J connectivity index is 1.88. The van der Waals surface area contributed by atoms with Crippen LogP contribution in [0.25, 0.3) is 0 Å². The van der Waals surface area contributed by atoms with Crippen molar-refractivity contribution >= 4 is 29.5 Å². The van der Waals surface area contributed by atoms with Crippen molar-refractivity contribution in [2.24, 2.45) is 10.7 Å². The van der Waals surface area contributed by atoms with Gasteiger partial charge in [0.15, 0.2) is 5.82 Å². The highest BCUT2D eigenvalue weighted by Crippen LogP contribution is 2.22. The molecule has 0 spiro atoms. The van der Waals surface area contributed by atoms with Gasteiger partial charge in [-0.25, -0.2) is 4.99 Å². The minimum absolute atomic E-state index is 0.295. The Kier molecular flexibility index (Phi) is 5.49. The molecule has 3 aromatic rings. The van der Waals surface area contributed by atoms with E-state index in [-0.39, 0.29) is 0 Å². The van der Waals surface area contributed by atoms with Gasteiger partial charge in [0.1, 0.15) is 5.56 Å². The Morgan fingerprint density at radius 1 is 1.23 bits per heavy atom. The second-order valence-electron chi connectivity index (χ2n) is 5.93. The molecule has 26 heavy (non-hydrogen) atoms. The molecule has 0 unspecified atom stereocenters. The van der Waals surface area contributed by atoms with Gasteiger partial charge in [0.2, 0.25) is 0 Å². The first-order chi connectivity index (χ1) is 12.6. The van der Waals surface area contributed by atoms with Gasteiger partial charge in [-0.15, -0.1) is 0 Å². The van der Waals surface area contributed by atoms with Crippen LogP contribution < -0.4 is 5.73 Å². The molecule has 0 aliphatic heterocycles. The number of aliphatic imine (C=N–C) groups is 1. The highest BCUT2D eigenvalue weighted by molar-refractivity contribution is 6.30. The maximum atomic E-state index is 11.9. The zero-order valence-electron chi connectivity index (χ0n) is 14.4. The highest BCUT2D eigenvalue weighted by Gasteiger charge is 2.17. The molecular weight excluding hydrogens is 348 g/mol. The van der Waals surface area contributed by atoms with Crippen molar-refractivity contribution in [2.45, 2.75) is 19.8 Å². The van der Waals surface area contributed by atoms with Crippen LogP contribution in [0.15, 0.2) is 53.5 Å². The fraction of sp³-hybridized carbons (Fsp3) is 0.150. The summed E-state index contributed by atoms with van der Waals surface area (Å²) >= 11 is 5.91. The zero-order valence-corrected chi connectivity index (χ0v) is 15.1. The number of halogens is 1. The zero-order chi connectivity index (χ0) is 18.5. The molecule has 1 aromatic heterocycles. The Hall–Kier alpha value is -2.92. The smallest absolute Gasteiger partial charge is 0.254 e. The largest absolute Gasteiger partial charge is 0.365 e. The van der Waals surface area contributed by atoms with Crippen LogP contribution in [0.1, 0.15) is 39.7 Å². The van der Waals surface area contributed by atoms with Crippen molar-refractivity contribution in [1.82, 2.24) is 10.2 Å². The summed E-state index contributed by atoms with van der Waals surface area (Å²) in [5.41, 5.74) is 9.66. The van der Waals surface area contributed by atoms with Crippen LogP contribution in [0.4, 0.5) is 5.82 Å². The molecule has 0 aliphatic carbocycles. The van der Waals surface area contributed by atoms with E-state index in [1.165, 1.54) is 5.56 Å². The van der Waals surface area contributed by atoms with E-state index >= 15 is 0 Å². The number of carbonyl (C=O) groups excluding carboxylic acids is 1. The van der Waals surface area contributed by atoms with Crippen LogP contribution in [-0.4, -0.2) is 22.3 Å². The number of nitrogens with one attached hydrogen (secondary N) is 1. The van der Waals surface area contributed by atoms with Gasteiger partial charge < -0.3 is 5.73 Å². The third-order valence-corrected chi connectivity index (χ3v) is 4.31. The minimum atomic E-state index is -0.558. The van der Waals surface area contributed by atoms with E-state index < -0.39 is 5.91 Å². The molecule has 3 N–H and O–H groups in total. The van der Waals surface area contributed by atoms with Crippen LogP contribution in [-0.2, 0) is 12.8 Å². The molecule has 1 amide bonds. The Bertz CT molecular complexity index is 945. The van der Waals surface area contributed by atoms with Crippen LogP contribution in [0.5, 0.6) is 0 Å². The number of benzene rings is 2. The Morgan fingerprint density at radius 2 is 2.00 bits per heavy atom. The third-order valence-electron chi connectivity index (χ3n) is 4.06. The fourth-order valence-electron chi connectivity index (χ4n) is 2.68. The summed E-state index contributed by atoms with van der Waals surface area (Å²) in [5.74, 6) is -0.263. The lowest BCUT2D eigenvalue weighted by Crippen LogP contribution is -2.13. The van der Waals surface area contributed by atoms with E-state index in [2.05, 4.69) is 34.2 Å². The molecule has 0 fully saturated rings. The SMILES string of the molecule is CCc1cccc(C=Nc2n[nH]c(Cc3ccc(Cl)cc3)c2C(N)=O)c1. The monoisotopic (exact) mass is 366 g/mol. The lowest BCUT2D eigenvalue weighted by Gasteiger charge is -2.02. The number of aryl methyl sites for hydroxylation is 1. The molecule has 0 aliphatic rings. The van der Waals surface area contributed by atoms with Gasteiger partial charge >= 0.3 is 0 Å². The van der Waals surface area contributed by atoms with Crippen molar-refractivity contribution < 1.29 is 4.79 Å². The van der Waals surface area contributed by atoms with Gasteiger partial charge in [-0.1, -0.05) is 54.9 Å². The van der Waals surface area contributed by atoms with Crippen molar-refractivity contribution in [1.29, 1.82) is 0 Å². The molecule has 5 nitrogen and oxygen atoms in total. The number of nitrogens with two attached hydrogens (primary N) is 1. The van der Waals surface area contributed by atoms with Gasteiger partial charge in [0.05, 0.1) is 5.69 Å². The summed E-state index contributed by atoms with van der Waals surface area (Å²) in [4.78, 5) is 16.3. The Morgan fingerprint density at radius 3 is 2.69 bits per heavy atom. The fourth-order valence-corrected chi connectivity index (χ4v) is 2.81. The molecule has 2 aromatic carbocycles. The van der Waals surface area contributed by atoms with E-state index in [0.29, 0.717) is 28.5 Å². The van der Waals surface area contributed by atoms with E-state index in [1.54, 1.807) is 18.3 Å². The highest BCUT2D eigenvalue weighted by atomic mass is 35.5. The van der Waals surface area contributed by atoms with Crippen LogP contribution in [0.2, 0.25) is 5.02 Å². The third kappa shape index (κ3) is 4.18. The summed E-state index contributed by atoms with van der Waals surface area (Å²) in [6, 6.07) is 15.4. The van der Waals surface area contributed by atoms with Crippen LogP contribution in [0, 0.1) is 0 Å². The maximum absolute atomic E-state index is 11.9. The predicted octanol–water partition coefficient (Wildman–Crippen LogP) is 4.07. The standard InChI is InChI=1S/C20H19ClN4O/c1-2-13-4-3-5-15(10-13)12-23-20-18(19(22)26)17(24-25-20)11-14-6-8-16(21)9-7-14/h3-10,12H,2,11H2,1H3,(H2,22,26)(H,24,25).